The lowest BCUT2D eigenvalue weighted by atomic mass is 9.85. The van der Waals surface area contributed by atoms with Crippen molar-refractivity contribution in [2.75, 3.05) is 6.61 Å². The number of amides is 2. The van der Waals surface area contributed by atoms with Crippen molar-refractivity contribution in [1.82, 2.24) is 4.90 Å². The highest BCUT2D eigenvalue weighted by molar-refractivity contribution is 9.10. The minimum absolute atomic E-state index is 0.00129. The molecule has 172 valence electrons. The molecule has 2 aromatic rings. The maximum Gasteiger partial charge on any atom is 0.267 e. The molecule has 2 atom stereocenters. The first-order valence-corrected chi connectivity index (χ1v) is 12.6. The van der Waals surface area contributed by atoms with Crippen LogP contribution in [0.15, 0.2) is 62.9 Å². The van der Waals surface area contributed by atoms with Crippen molar-refractivity contribution in [3.8, 4) is 5.75 Å². The summed E-state index contributed by atoms with van der Waals surface area (Å²) < 4.78 is 6.08. The van der Waals surface area contributed by atoms with Gasteiger partial charge >= 0.3 is 0 Å². The largest absolute Gasteiger partial charge is 0.483 e. The summed E-state index contributed by atoms with van der Waals surface area (Å²) in [5.74, 6) is 0.409. The van der Waals surface area contributed by atoms with Crippen LogP contribution in [0.3, 0.4) is 0 Å². The van der Waals surface area contributed by atoms with Crippen LogP contribution in [0.2, 0.25) is 0 Å². The third-order valence-electron chi connectivity index (χ3n) is 5.84. The van der Waals surface area contributed by atoms with Crippen molar-refractivity contribution in [3.63, 3.8) is 0 Å². The smallest absolute Gasteiger partial charge is 0.267 e. The Labute approximate surface area is 206 Å². The SMILES string of the molecule is C[C@@H]1CCCC[C@H]1N1C(=O)/C(=C/c2ccc(OCC(N)=O)c(Br)c2)SC1=Nc1ccccc1. The molecule has 1 saturated heterocycles. The van der Waals surface area contributed by atoms with Gasteiger partial charge in [-0.2, -0.15) is 0 Å². The molecule has 0 bridgehead atoms. The third kappa shape index (κ3) is 5.68. The third-order valence-corrected chi connectivity index (χ3v) is 7.44. The van der Waals surface area contributed by atoms with Gasteiger partial charge in [-0.05, 0) is 82.4 Å². The highest BCUT2D eigenvalue weighted by Crippen LogP contribution is 2.40. The molecule has 1 aliphatic heterocycles. The van der Waals surface area contributed by atoms with Gasteiger partial charge in [0.15, 0.2) is 11.8 Å². The normalized spacial score (nSPS) is 23.3. The summed E-state index contributed by atoms with van der Waals surface area (Å²) in [6.07, 6.45) is 6.33. The number of thioether (sulfide) groups is 1. The summed E-state index contributed by atoms with van der Waals surface area (Å²) in [5, 5.41) is 0.733. The minimum atomic E-state index is -0.539. The molecule has 2 fully saturated rings. The van der Waals surface area contributed by atoms with E-state index in [1.165, 1.54) is 18.2 Å². The molecule has 2 aromatic carbocycles. The number of rotatable bonds is 6. The van der Waals surface area contributed by atoms with Gasteiger partial charge in [-0.25, -0.2) is 4.99 Å². The summed E-state index contributed by atoms with van der Waals surface area (Å²) in [7, 11) is 0. The Kier molecular flexibility index (Phi) is 7.55. The molecule has 0 spiro atoms. The zero-order valence-corrected chi connectivity index (χ0v) is 20.8. The van der Waals surface area contributed by atoms with E-state index in [0.29, 0.717) is 21.0 Å². The zero-order chi connectivity index (χ0) is 23.4. The van der Waals surface area contributed by atoms with Gasteiger partial charge in [0.25, 0.3) is 11.8 Å². The monoisotopic (exact) mass is 527 g/mol. The average Bonchev–Trinajstić information content (AvgIpc) is 3.08. The Morgan fingerprint density at radius 2 is 2.00 bits per heavy atom. The van der Waals surface area contributed by atoms with Gasteiger partial charge in [-0.1, -0.05) is 44.0 Å². The van der Waals surface area contributed by atoms with E-state index in [0.717, 1.165) is 35.7 Å². The number of ether oxygens (including phenoxy) is 1. The Hall–Kier alpha value is -2.58. The fourth-order valence-electron chi connectivity index (χ4n) is 4.17. The summed E-state index contributed by atoms with van der Waals surface area (Å²) >= 11 is 4.88. The van der Waals surface area contributed by atoms with Crippen LogP contribution in [0.25, 0.3) is 6.08 Å². The molecular weight excluding hydrogens is 502 g/mol. The number of primary amides is 1. The number of amidine groups is 1. The molecule has 4 rings (SSSR count). The average molecular weight is 528 g/mol. The van der Waals surface area contributed by atoms with Gasteiger partial charge in [0, 0.05) is 6.04 Å². The van der Waals surface area contributed by atoms with Gasteiger partial charge in [0.1, 0.15) is 5.75 Å². The van der Waals surface area contributed by atoms with Crippen LogP contribution in [-0.2, 0) is 9.59 Å². The first-order valence-electron chi connectivity index (χ1n) is 11.0. The molecule has 0 unspecified atom stereocenters. The number of benzene rings is 2. The molecule has 33 heavy (non-hydrogen) atoms. The number of hydrogen-bond acceptors (Lipinski definition) is 5. The molecular formula is C25H26BrN3O3S. The van der Waals surface area contributed by atoms with Crippen molar-refractivity contribution in [3.05, 3.63) is 63.5 Å². The quantitative estimate of drug-likeness (QED) is 0.502. The van der Waals surface area contributed by atoms with Gasteiger partial charge in [0.05, 0.1) is 15.1 Å². The zero-order valence-electron chi connectivity index (χ0n) is 18.4. The second-order valence-corrected chi connectivity index (χ2v) is 10.2. The summed E-state index contributed by atoms with van der Waals surface area (Å²) in [4.78, 5) is 31.9. The first kappa shape index (κ1) is 23.6. The topological polar surface area (TPSA) is 85.0 Å². The number of halogens is 1. The van der Waals surface area contributed by atoms with E-state index in [1.807, 2.05) is 53.4 Å². The first-order chi connectivity index (χ1) is 15.9. The standard InChI is InChI=1S/C25H26BrN3O3S/c1-16-7-5-6-10-20(16)29-24(31)22(33-25(29)28-18-8-3-2-4-9-18)14-17-11-12-21(19(26)13-17)32-15-23(27)30/h2-4,8-9,11-14,16,20H,5-7,10,15H2,1H3,(H2,27,30)/b22-14-,28-25?/t16-,20-/m1/s1. The molecule has 0 aromatic heterocycles. The Balaban J connectivity index is 1.64. The Morgan fingerprint density at radius 1 is 1.24 bits per heavy atom. The summed E-state index contributed by atoms with van der Waals surface area (Å²) in [6, 6.07) is 15.4. The van der Waals surface area contributed by atoms with Crippen molar-refractivity contribution >= 4 is 56.4 Å². The molecule has 1 heterocycles. The second-order valence-electron chi connectivity index (χ2n) is 8.29. The fourth-order valence-corrected chi connectivity index (χ4v) is 5.73. The van der Waals surface area contributed by atoms with Crippen LogP contribution in [0.4, 0.5) is 5.69 Å². The number of aliphatic imine (C=N–C) groups is 1. The summed E-state index contributed by atoms with van der Waals surface area (Å²) in [6.45, 7) is 2.03. The van der Waals surface area contributed by atoms with Crippen LogP contribution >= 0.6 is 27.7 Å². The van der Waals surface area contributed by atoms with Crippen molar-refractivity contribution < 1.29 is 14.3 Å². The predicted octanol–water partition coefficient (Wildman–Crippen LogP) is 5.50. The van der Waals surface area contributed by atoms with Crippen LogP contribution in [0.5, 0.6) is 5.75 Å². The van der Waals surface area contributed by atoms with E-state index in [-0.39, 0.29) is 18.6 Å². The number of nitrogens with two attached hydrogens (primary N) is 1. The molecule has 2 amide bonds. The van der Waals surface area contributed by atoms with Crippen LogP contribution in [0, 0.1) is 5.92 Å². The number of hydrogen-bond donors (Lipinski definition) is 1. The summed E-state index contributed by atoms with van der Waals surface area (Å²) in [5.41, 5.74) is 6.84. The van der Waals surface area contributed by atoms with E-state index in [9.17, 15) is 9.59 Å². The van der Waals surface area contributed by atoms with Crippen LogP contribution in [-0.4, -0.2) is 34.5 Å². The lowest BCUT2D eigenvalue weighted by molar-refractivity contribution is -0.125. The van der Waals surface area contributed by atoms with E-state index in [2.05, 4.69) is 22.9 Å². The molecule has 6 nitrogen and oxygen atoms in total. The maximum absolute atomic E-state index is 13.6. The predicted molar refractivity (Wildman–Crippen MR) is 136 cm³/mol. The van der Waals surface area contributed by atoms with Gasteiger partial charge in [-0.3, -0.25) is 14.5 Å². The molecule has 8 heteroatoms. The van der Waals surface area contributed by atoms with E-state index < -0.39 is 5.91 Å². The van der Waals surface area contributed by atoms with Crippen LogP contribution in [0.1, 0.15) is 38.2 Å². The molecule has 1 saturated carbocycles. The van der Waals surface area contributed by atoms with Gasteiger partial charge < -0.3 is 10.5 Å². The highest BCUT2D eigenvalue weighted by atomic mass is 79.9. The highest BCUT2D eigenvalue weighted by Gasteiger charge is 2.41. The molecule has 1 aliphatic carbocycles. The fraction of sp³-hybridized carbons (Fsp3) is 0.320. The van der Waals surface area contributed by atoms with Crippen molar-refractivity contribution in [2.45, 2.75) is 38.6 Å². The molecule has 2 N–H and O–H groups in total. The number of carbonyl (C=O) groups is 2. The van der Waals surface area contributed by atoms with Crippen molar-refractivity contribution in [2.24, 2.45) is 16.6 Å². The van der Waals surface area contributed by atoms with E-state index >= 15 is 0 Å². The van der Waals surface area contributed by atoms with Crippen LogP contribution < -0.4 is 10.5 Å². The Morgan fingerprint density at radius 3 is 2.70 bits per heavy atom. The lowest BCUT2D eigenvalue weighted by Gasteiger charge is -2.35. The molecule has 2 aliphatic rings. The van der Waals surface area contributed by atoms with E-state index in [4.69, 9.17) is 15.5 Å². The van der Waals surface area contributed by atoms with Gasteiger partial charge in [0.2, 0.25) is 0 Å². The van der Waals surface area contributed by atoms with E-state index in [1.54, 1.807) is 6.07 Å². The van der Waals surface area contributed by atoms with Gasteiger partial charge in [-0.15, -0.1) is 0 Å². The Bertz CT molecular complexity index is 1100. The minimum Gasteiger partial charge on any atom is -0.483 e. The number of nitrogens with zero attached hydrogens (tertiary/aromatic N) is 2. The maximum atomic E-state index is 13.6. The second kappa shape index (κ2) is 10.6. The number of para-hydroxylation sites is 1. The van der Waals surface area contributed by atoms with Crippen molar-refractivity contribution in [1.29, 1.82) is 0 Å². The molecule has 0 radical (unpaired) electrons. The number of carbonyl (C=O) groups excluding carboxylic acids is 2. The lowest BCUT2D eigenvalue weighted by Crippen LogP contribution is -2.44.